The summed E-state index contributed by atoms with van der Waals surface area (Å²) in [5.74, 6) is -0.647. The van der Waals surface area contributed by atoms with E-state index in [0.29, 0.717) is 33.6 Å². The topological polar surface area (TPSA) is 42.0 Å². The molecule has 0 aliphatic heterocycles. The number of aromatic nitrogens is 1. The Balaban J connectivity index is 1.75. The molecule has 0 bridgehead atoms. The third-order valence-corrected chi connectivity index (χ3v) is 5.21. The second-order valence-electron chi connectivity index (χ2n) is 6.98. The van der Waals surface area contributed by atoms with Crippen molar-refractivity contribution in [3.05, 3.63) is 106 Å². The zero-order valence-electron chi connectivity index (χ0n) is 16.1. The minimum atomic E-state index is -4.56. The number of benzene rings is 3. The number of pyridine rings is 1. The van der Waals surface area contributed by atoms with Crippen LogP contribution in [0.1, 0.15) is 27.0 Å². The molecular formula is C24H16ClF3N2O. The summed E-state index contributed by atoms with van der Waals surface area (Å²) in [7, 11) is 0. The predicted octanol–water partition coefficient (Wildman–Crippen LogP) is 6.75. The van der Waals surface area contributed by atoms with Gasteiger partial charge in [-0.15, -0.1) is 0 Å². The number of hydrogen-bond acceptors (Lipinski definition) is 2. The van der Waals surface area contributed by atoms with Gasteiger partial charge in [-0.05, 0) is 53.9 Å². The van der Waals surface area contributed by atoms with Crippen LogP contribution in [-0.2, 0) is 12.6 Å². The Labute approximate surface area is 181 Å². The molecule has 1 amide bonds. The Bertz CT molecular complexity index is 1260. The summed E-state index contributed by atoms with van der Waals surface area (Å²) in [6.45, 7) is 0. The summed E-state index contributed by atoms with van der Waals surface area (Å²) in [5, 5.41) is 3.80. The molecule has 1 N–H and O–H groups in total. The van der Waals surface area contributed by atoms with Gasteiger partial charge in [-0.25, -0.2) is 0 Å². The fourth-order valence-corrected chi connectivity index (χ4v) is 3.58. The number of fused-ring (bicyclic) bond motifs is 1. The second-order valence-corrected chi connectivity index (χ2v) is 7.39. The molecule has 3 nitrogen and oxygen atoms in total. The van der Waals surface area contributed by atoms with E-state index in [9.17, 15) is 18.0 Å². The van der Waals surface area contributed by atoms with Crippen molar-refractivity contribution in [2.24, 2.45) is 0 Å². The van der Waals surface area contributed by atoms with E-state index >= 15 is 0 Å². The lowest BCUT2D eigenvalue weighted by Gasteiger charge is -2.15. The first-order valence-electron chi connectivity index (χ1n) is 9.41. The Morgan fingerprint density at radius 3 is 2.48 bits per heavy atom. The number of amides is 1. The first-order valence-corrected chi connectivity index (χ1v) is 9.79. The molecule has 7 heteroatoms. The smallest absolute Gasteiger partial charge is 0.320 e. The summed E-state index contributed by atoms with van der Waals surface area (Å²) in [6, 6.07) is 19.1. The van der Waals surface area contributed by atoms with Crippen LogP contribution in [0.3, 0.4) is 0 Å². The molecule has 0 aliphatic carbocycles. The van der Waals surface area contributed by atoms with Gasteiger partial charge in [0, 0.05) is 17.1 Å². The molecule has 0 saturated carbocycles. The van der Waals surface area contributed by atoms with Crippen LogP contribution < -0.4 is 5.32 Å². The molecule has 31 heavy (non-hydrogen) atoms. The molecular weight excluding hydrogens is 425 g/mol. The number of hydrogen-bond donors (Lipinski definition) is 1. The van der Waals surface area contributed by atoms with Crippen molar-refractivity contribution < 1.29 is 18.0 Å². The average molecular weight is 441 g/mol. The quantitative estimate of drug-likeness (QED) is 0.381. The number of nitrogens with one attached hydrogen (secondary N) is 1. The number of nitrogens with zero attached hydrogens (tertiary/aromatic N) is 1. The van der Waals surface area contributed by atoms with Crippen molar-refractivity contribution in [3.63, 3.8) is 0 Å². The normalized spacial score (nSPS) is 11.5. The van der Waals surface area contributed by atoms with Crippen LogP contribution in [0.25, 0.3) is 10.9 Å². The summed E-state index contributed by atoms with van der Waals surface area (Å²) in [5.41, 5.74) is 1.28. The first kappa shape index (κ1) is 20.9. The molecule has 0 atom stereocenters. The number of halogens is 4. The largest absolute Gasteiger partial charge is 0.416 e. The maximum atomic E-state index is 13.3. The fraction of sp³-hybridized carbons (Fsp3) is 0.0833. The van der Waals surface area contributed by atoms with Crippen LogP contribution in [0.15, 0.2) is 79.0 Å². The molecule has 3 aromatic carbocycles. The Morgan fingerprint density at radius 2 is 1.74 bits per heavy atom. The third kappa shape index (κ3) is 4.54. The van der Waals surface area contributed by atoms with E-state index in [1.807, 2.05) is 30.3 Å². The Hall–Kier alpha value is -3.38. The van der Waals surface area contributed by atoms with Gasteiger partial charge in [0.25, 0.3) is 5.91 Å². The van der Waals surface area contributed by atoms with Crippen LogP contribution in [-0.4, -0.2) is 10.9 Å². The maximum absolute atomic E-state index is 13.3. The van der Waals surface area contributed by atoms with Crippen molar-refractivity contribution in [2.75, 3.05) is 5.32 Å². The van der Waals surface area contributed by atoms with Crippen molar-refractivity contribution >= 4 is 34.1 Å². The van der Waals surface area contributed by atoms with E-state index in [1.54, 1.807) is 30.5 Å². The van der Waals surface area contributed by atoms with Gasteiger partial charge in [-0.3, -0.25) is 9.78 Å². The number of carbonyl (C=O) groups excluding carboxylic acids is 1. The average Bonchev–Trinajstić information content (AvgIpc) is 2.76. The molecule has 1 heterocycles. The first-order chi connectivity index (χ1) is 14.8. The molecule has 0 spiro atoms. The number of alkyl halides is 3. The maximum Gasteiger partial charge on any atom is 0.416 e. The van der Waals surface area contributed by atoms with E-state index in [-0.39, 0.29) is 5.56 Å². The van der Waals surface area contributed by atoms with Gasteiger partial charge in [-0.2, -0.15) is 13.2 Å². The molecule has 0 aliphatic rings. The van der Waals surface area contributed by atoms with Gasteiger partial charge in [-0.1, -0.05) is 48.0 Å². The van der Waals surface area contributed by atoms with Crippen LogP contribution in [0.2, 0.25) is 5.02 Å². The van der Waals surface area contributed by atoms with Crippen molar-refractivity contribution in [1.29, 1.82) is 0 Å². The Kier molecular flexibility index (Phi) is 5.65. The fourth-order valence-electron chi connectivity index (χ4n) is 3.36. The summed E-state index contributed by atoms with van der Waals surface area (Å²) in [4.78, 5) is 17.4. The highest BCUT2D eigenvalue weighted by Crippen LogP contribution is 2.32. The van der Waals surface area contributed by atoms with Gasteiger partial charge < -0.3 is 5.32 Å². The van der Waals surface area contributed by atoms with Gasteiger partial charge in [0.15, 0.2) is 0 Å². The molecule has 0 radical (unpaired) electrons. The SMILES string of the molecule is O=C(Nc1ccc(Cl)c2cccnc12)c1cc(C(F)(F)F)ccc1Cc1ccccc1. The lowest BCUT2D eigenvalue weighted by atomic mass is 9.97. The van der Waals surface area contributed by atoms with Gasteiger partial charge in [0.05, 0.1) is 21.8 Å². The molecule has 0 fully saturated rings. The van der Waals surface area contributed by atoms with E-state index in [2.05, 4.69) is 10.3 Å². The van der Waals surface area contributed by atoms with Crippen LogP contribution in [0, 0.1) is 0 Å². The summed E-state index contributed by atoms with van der Waals surface area (Å²) in [6.07, 6.45) is -2.68. The van der Waals surface area contributed by atoms with Gasteiger partial charge in [0.1, 0.15) is 0 Å². The molecule has 1 aromatic heterocycles. The Morgan fingerprint density at radius 1 is 0.968 bits per heavy atom. The van der Waals surface area contributed by atoms with Gasteiger partial charge >= 0.3 is 6.18 Å². The highest BCUT2D eigenvalue weighted by molar-refractivity contribution is 6.36. The van der Waals surface area contributed by atoms with Crippen LogP contribution in [0.5, 0.6) is 0 Å². The van der Waals surface area contributed by atoms with Crippen molar-refractivity contribution in [2.45, 2.75) is 12.6 Å². The number of rotatable bonds is 4. The third-order valence-electron chi connectivity index (χ3n) is 4.88. The highest BCUT2D eigenvalue weighted by atomic mass is 35.5. The zero-order valence-corrected chi connectivity index (χ0v) is 16.8. The van der Waals surface area contributed by atoms with Crippen LogP contribution >= 0.6 is 11.6 Å². The molecule has 0 saturated heterocycles. The molecule has 4 aromatic rings. The van der Waals surface area contributed by atoms with Crippen molar-refractivity contribution in [1.82, 2.24) is 4.98 Å². The van der Waals surface area contributed by atoms with E-state index < -0.39 is 17.6 Å². The van der Waals surface area contributed by atoms with Gasteiger partial charge in [0.2, 0.25) is 0 Å². The van der Waals surface area contributed by atoms with E-state index in [0.717, 1.165) is 17.7 Å². The summed E-state index contributed by atoms with van der Waals surface area (Å²) >= 11 is 6.19. The summed E-state index contributed by atoms with van der Waals surface area (Å²) < 4.78 is 39.9. The highest BCUT2D eigenvalue weighted by Gasteiger charge is 2.32. The standard InChI is InChI=1S/C24H16ClF3N2O/c25-20-10-11-21(22-18(20)7-4-12-29-22)30-23(31)19-14-17(24(26,27)28)9-8-16(19)13-15-5-2-1-3-6-15/h1-12,14H,13H2,(H,30,31). The lowest BCUT2D eigenvalue weighted by molar-refractivity contribution is -0.137. The lowest BCUT2D eigenvalue weighted by Crippen LogP contribution is -2.17. The predicted molar refractivity (Wildman–Crippen MR) is 115 cm³/mol. The van der Waals surface area contributed by atoms with E-state index in [4.69, 9.17) is 11.6 Å². The number of carbonyl (C=O) groups is 1. The monoisotopic (exact) mass is 440 g/mol. The van der Waals surface area contributed by atoms with E-state index in [1.165, 1.54) is 6.07 Å². The second kappa shape index (κ2) is 8.40. The molecule has 4 rings (SSSR count). The van der Waals surface area contributed by atoms with Crippen LogP contribution in [0.4, 0.5) is 18.9 Å². The minimum Gasteiger partial charge on any atom is -0.320 e. The number of anilines is 1. The minimum absolute atomic E-state index is 0.0438. The molecule has 156 valence electrons. The molecule has 0 unspecified atom stereocenters. The van der Waals surface area contributed by atoms with Crippen molar-refractivity contribution in [3.8, 4) is 0 Å². The zero-order chi connectivity index (χ0) is 22.0.